The minimum atomic E-state index is -1.01. The molecule has 2 aliphatic heterocycles. The topological polar surface area (TPSA) is 113 Å². The summed E-state index contributed by atoms with van der Waals surface area (Å²) in [6, 6.07) is 10.0. The minimum absolute atomic E-state index is 0.139. The molecular formula is C26H25IN2O7S. The number of benzene rings is 2. The number of halogens is 1. The predicted molar refractivity (Wildman–Crippen MR) is 147 cm³/mol. The summed E-state index contributed by atoms with van der Waals surface area (Å²) >= 11 is 2.91. The Morgan fingerprint density at radius 2 is 1.89 bits per heavy atom. The van der Waals surface area contributed by atoms with Gasteiger partial charge in [-0.3, -0.25) is 19.3 Å². The van der Waals surface area contributed by atoms with Gasteiger partial charge in [-0.05, 0) is 95.6 Å². The third-order valence-electron chi connectivity index (χ3n) is 5.81. The fourth-order valence-electron chi connectivity index (χ4n) is 4.01. The second-order valence-electron chi connectivity index (χ2n) is 8.41. The summed E-state index contributed by atoms with van der Waals surface area (Å²) in [5, 5.41) is 8.74. The molecule has 9 nitrogen and oxygen atoms in total. The summed E-state index contributed by atoms with van der Waals surface area (Å²) in [6.45, 7) is 3.41. The van der Waals surface area contributed by atoms with E-state index in [4.69, 9.17) is 9.47 Å². The lowest BCUT2D eigenvalue weighted by Gasteiger charge is -2.18. The quantitative estimate of drug-likeness (QED) is 0.314. The van der Waals surface area contributed by atoms with Gasteiger partial charge in [0.15, 0.2) is 11.5 Å². The number of nitrogens with zero attached hydrogens (tertiary/aromatic N) is 2. The first-order chi connectivity index (χ1) is 17.8. The van der Waals surface area contributed by atoms with E-state index < -0.39 is 17.1 Å². The highest BCUT2D eigenvalue weighted by Crippen LogP contribution is 2.38. The maximum atomic E-state index is 12.9. The van der Waals surface area contributed by atoms with Crippen molar-refractivity contribution >= 4 is 63.5 Å². The van der Waals surface area contributed by atoms with Crippen LogP contribution in [0.1, 0.15) is 41.3 Å². The van der Waals surface area contributed by atoms with Crippen LogP contribution in [0.15, 0.2) is 41.3 Å². The number of aromatic carboxylic acids is 1. The summed E-state index contributed by atoms with van der Waals surface area (Å²) in [5.41, 5.74) is 1.51. The average molecular weight is 636 g/mol. The van der Waals surface area contributed by atoms with Crippen LogP contribution in [0, 0.1) is 3.57 Å². The molecule has 194 valence electrons. The maximum Gasteiger partial charge on any atom is 0.335 e. The molecule has 0 spiro atoms. The van der Waals surface area contributed by atoms with Crippen molar-refractivity contribution in [1.29, 1.82) is 0 Å². The van der Waals surface area contributed by atoms with Gasteiger partial charge < -0.3 is 19.5 Å². The van der Waals surface area contributed by atoms with Crippen LogP contribution in [0.4, 0.5) is 4.79 Å². The lowest BCUT2D eigenvalue weighted by molar-refractivity contribution is -0.135. The molecule has 0 aliphatic carbocycles. The van der Waals surface area contributed by atoms with E-state index in [9.17, 15) is 24.3 Å². The number of hydrogen-bond donors (Lipinski definition) is 1. The number of carboxylic acid groups (broad SMARTS) is 1. The summed E-state index contributed by atoms with van der Waals surface area (Å²) in [5.74, 6) is -0.775. The Morgan fingerprint density at radius 3 is 2.59 bits per heavy atom. The van der Waals surface area contributed by atoms with Gasteiger partial charge >= 0.3 is 5.97 Å². The van der Waals surface area contributed by atoms with Crippen LogP contribution in [-0.4, -0.2) is 64.2 Å². The number of carbonyl (C=O) groups is 4. The molecule has 2 aromatic carbocycles. The van der Waals surface area contributed by atoms with E-state index in [-0.39, 0.29) is 29.5 Å². The number of likely N-dealkylation sites (tertiary alicyclic amines) is 1. The molecule has 2 aromatic rings. The predicted octanol–water partition coefficient (Wildman–Crippen LogP) is 4.63. The smallest absolute Gasteiger partial charge is 0.335 e. The summed E-state index contributed by atoms with van der Waals surface area (Å²) in [6.07, 6.45) is 3.47. The largest absolute Gasteiger partial charge is 0.490 e. The van der Waals surface area contributed by atoms with Crippen molar-refractivity contribution in [2.75, 3.05) is 26.2 Å². The van der Waals surface area contributed by atoms with Crippen molar-refractivity contribution < 1.29 is 33.8 Å². The summed E-state index contributed by atoms with van der Waals surface area (Å²) in [7, 11) is 0. The van der Waals surface area contributed by atoms with Gasteiger partial charge in [0.2, 0.25) is 5.91 Å². The first-order valence-electron chi connectivity index (χ1n) is 11.7. The Labute approximate surface area is 231 Å². The van der Waals surface area contributed by atoms with Crippen LogP contribution in [0.3, 0.4) is 0 Å². The highest BCUT2D eigenvalue weighted by molar-refractivity contribution is 14.1. The normalized spacial score (nSPS) is 16.5. The monoisotopic (exact) mass is 636 g/mol. The van der Waals surface area contributed by atoms with E-state index in [0.717, 1.165) is 29.5 Å². The van der Waals surface area contributed by atoms with E-state index in [1.165, 1.54) is 6.07 Å². The first kappa shape index (κ1) is 27.0. The molecule has 0 aromatic heterocycles. The fourth-order valence-corrected chi connectivity index (χ4v) is 5.63. The second-order valence-corrected chi connectivity index (χ2v) is 10.6. The second kappa shape index (κ2) is 12.0. The molecule has 0 radical (unpaired) electrons. The van der Waals surface area contributed by atoms with Gasteiger partial charge in [0.25, 0.3) is 11.1 Å². The molecule has 2 saturated heterocycles. The molecule has 4 rings (SSSR count). The molecule has 2 heterocycles. The number of imide groups is 1. The zero-order valence-corrected chi connectivity index (χ0v) is 23.0. The Morgan fingerprint density at radius 1 is 1.14 bits per heavy atom. The molecule has 1 N–H and O–H groups in total. The standard InChI is InChI=1S/C26H25IN2O7S/c1-2-35-20-12-17(11-19(27)23(20)36-15-16-6-5-7-18(10-16)25(32)33)13-21-24(31)29(26(34)37-21)14-22(30)28-8-3-4-9-28/h5-7,10-13H,2-4,8-9,14-15H2,1H3,(H,32,33)/b21-13+. The zero-order chi connectivity index (χ0) is 26.5. The Balaban J connectivity index is 1.51. The van der Waals surface area contributed by atoms with Crippen molar-refractivity contribution in [2.45, 2.75) is 26.4 Å². The van der Waals surface area contributed by atoms with Crippen LogP contribution < -0.4 is 9.47 Å². The van der Waals surface area contributed by atoms with E-state index in [2.05, 4.69) is 22.6 Å². The number of hydrogen-bond acceptors (Lipinski definition) is 7. The molecule has 0 unspecified atom stereocenters. The van der Waals surface area contributed by atoms with Crippen molar-refractivity contribution in [2.24, 2.45) is 0 Å². The molecule has 11 heteroatoms. The van der Waals surface area contributed by atoms with Gasteiger partial charge in [0.1, 0.15) is 13.2 Å². The zero-order valence-electron chi connectivity index (χ0n) is 20.1. The van der Waals surface area contributed by atoms with Gasteiger partial charge in [-0.25, -0.2) is 4.79 Å². The Bertz CT molecular complexity index is 1270. The highest BCUT2D eigenvalue weighted by atomic mass is 127. The molecule has 2 fully saturated rings. The first-order valence-corrected chi connectivity index (χ1v) is 13.6. The van der Waals surface area contributed by atoms with Gasteiger partial charge in [-0.15, -0.1) is 0 Å². The molecule has 37 heavy (non-hydrogen) atoms. The van der Waals surface area contributed by atoms with E-state index in [1.807, 2.05) is 6.92 Å². The SMILES string of the molecule is CCOc1cc(/C=C2/SC(=O)N(CC(=O)N3CCCC3)C2=O)cc(I)c1OCc1cccc(C(=O)O)c1. The number of ether oxygens (including phenoxy) is 2. The van der Waals surface area contributed by atoms with E-state index >= 15 is 0 Å². The molecule has 3 amide bonds. The number of carboxylic acids is 1. The molecule has 0 bridgehead atoms. The van der Waals surface area contributed by atoms with Crippen molar-refractivity contribution in [3.05, 3.63) is 61.6 Å². The lowest BCUT2D eigenvalue weighted by Crippen LogP contribution is -2.40. The minimum Gasteiger partial charge on any atom is -0.490 e. The third kappa shape index (κ3) is 6.45. The van der Waals surface area contributed by atoms with E-state index in [0.29, 0.717) is 45.9 Å². The molecule has 0 atom stereocenters. The molecular weight excluding hydrogens is 611 g/mol. The number of thioether (sulfide) groups is 1. The van der Waals surface area contributed by atoms with Crippen molar-refractivity contribution in [1.82, 2.24) is 9.80 Å². The third-order valence-corrected chi connectivity index (χ3v) is 7.52. The highest BCUT2D eigenvalue weighted by Gasteiger charge is 2.37. The van der Waals surface area contributed by atoms with Crippen LogP contribution in [0.2, 0.25) is 0 Å². The average Bonchev–Trinajstić information content (AvgIpc) is 3.49. The van der Waals surface area contributed by atoms with Crippen molar-refractivity contribution in [3.63, 3.8) is 0 Å². The van der Waals surface area contributed by atoms with Crippen molar-refractivity contribution in [3.8, 4) is 11.5 Å². The van der Waals surface area contributed by atoms with Crippen LogP contribution in [-0.2, 0) is 16.2 Å². The van der Waals surface area contributed by atoms with Gasteiger partial charge in [0, 0.05) is 13.1 Å². The van der Waals surface area contributed by atoms with Crippen LogP contribution in [0.5, 0.6) is 11.5 Å². The van der Waals surface area contributed by atoms with Crippen LogP contribution in [0.25, 0.3) is 6.08 Å². The Hall–Kier alpha value is -3.06. The summed E-state index contributed by atoms with van der Waals surface area (Å²) < 4.78 is 12.5. The van der Waals surface area contributed by atoms with E-state index in [1.54, 1.807) is 41.3 Å². The van der Waals surface area contributed by atoms with Crippen LogP contribution >= 0.6 is 34.4 Å². The number of rotatable bonds is 9. The fraction of sp³-hybridized carbons (Fsp3) is 0.308. The number of carbonyl (C=O) groups excluding carboxylic acids is 3. The maximum absolute atomic E-state index is 12.9. The Kier molecular flexibility index (Phi) is 8.75. The lowest BCUT2D eigenvalue weighted by atomic mass is 10.1. The summed E-state index contributed by atoms with van der Waals surface area (Å²) in [4.78, 5) is 52.0. The molecule has 0 saturated carbocycles. The number of amides is 3. The molecule has 2 aliphatic rings. The van der Waals surface area contributed by atoms with Gasteiger partial charge in [-0.1, -0.05) is 12.1 Å². The van der Waals surface area contributed by atoms with Gasteiger partial charge in [0.05, 0.1) is 20.6 Å². The van der Waals surface area contributed by atoms with Gasteiger partial charge in [-0.2, -0.15) is 0 Å².